The van der Waals surface area contributed by atoms with Crippen LogP contribution in [-0.4, -0.2) is 52.1 Å². The fourth-order valence-corrected chi connectivity index (χ4v) is 5.61. The van der Waals surface area contributed by atoms with E-state index in [4.69, 9.17) is 4.74 Å². The molecule has 0 bridgehead atoms. The van der Waals surface area contributed by atoms with Gasteiger partial charge in [0.05, 0.1) is 11.0 Å². The third-order valence-corrected chi connectivity index (χ3v) is 8.05. The van der Waals surface area contributed by atoms with E-state index < -0.39 is 16.1 Å². The molecule has 3 rings (SSSR count). The minimum absolute atomic E-state index is 0.0258. The second kappa shape index (κ2) is 11.9. The van der Waals surface area contributed by atoms with E-state index in [0.717, 1.165) is 32.3 Å². The number of sulfonamides is 1. The van der Waals surface area contributed by atoms with Gasteiger partial charge in [-0.1, -0.05) is 32.0 Å². The van der Waals surface area contributed by atoms with Gasteiger partial charge in [0.15, 0.2) is 0 Å². The zero-order chi connectivity index (χ0) is 23.8. The van der Waals surface area contributed by atoms with E-state index in [9.17, 15) is 18.0 Å². The molecule has 33 heavy (non-hydrogen) atoms. The molecule has 1 aromatic carbocycles. The normalized spacial score (nSPS) is 24.4. The van der Waals surface area contributed by atoms with E-state index in [1.807, 2.05) is 13.8 Å². The fraction of sp³-hybridized carbons (Fsp3) is 0.667. The fourth-order valence-electron chi connectivity index (χ4n) is 4.48. The molecule has 1 aromatic rings. The monoisotopic (exact) mass is 479 g/mol. The molecule has 2 amide bonds. The number of nitrogens with one attached hydrogen (secondary N) is 3. The van der Waals surface area contributed by atoms with Crippen LogP contribution in [0.3, 0.4) is 0 Å². The first-order chi connectivity index (χ1) is 15.8. The van der Waals surface area contributed by atoms with Gasteiger partial charge in [-0.15, -0.1) is 0 Å². The molecule has 1 aliphatic carbocycles. The molecule has 0 radical (unpaired) electrons. The first kappa shape index (κ1) is 25.6. The summed E-state index contributed by atoms with van der Waals surface area (Å²) in [7, 11) is -3.52. The molecule has 1 unspecified atom stereocenters. The SMILES string of the molecule is CC(C)[C@H](NC(=O)C1CCC(CNS(=O)(=O)c2ccccc2)CC1)C(=O)NCC1CCCO1. The van der Waals surface area contributed by atoms with Crippen molar-refractivity contribution in [1.82, 2.24) is 15.4 Å². The van der Waals surface area contributed by atoms with Gasteiger partial charge in [0, 0.05) is 25.6 Å². The maximum absolute atomic E-state index is 12.9. The third-order valence-electron chi connectivity index (χ3n) is 6.61. The lowest BCUT2D eigenvalue weighted by atomic mass is 9.81. The van der Waals surface area contributed by atoms with Gasteiger partial charge < -0.3 is 15.4 Å². The number of hydrogen-bond donors (Lipinski definition) is 3. The van der Waals surface area contributed by atoms with E-state index in [1.165, 1.54) is 0 Å². The highest BCUT2D eigenvalue weighted by Gasteiger charge is 2.31. The Balaban J connectivity index is 1.43. The summed E-state index contributed by atoms with van der Waals surface area (Å²) in [6.07, 6.45) is 4.94. The van der Waals surface area contributed by atoms with Crippen molar-refractivity contribution in [3.63, 3.8) is 0 Å². The van der Waals surface area contributed by atoms with E-state index in [-0.39, 0.29) is 40.6 Å². The van der Waals surface area contributed by atoms with Gasteiger partial charge in [0.1, 0.15) is 6.04 Å². The van der Waals surface area contributed by atoms with Gasteiger partial charge in [-0.3, -0.25) is 9.59 Å². The molecule has 2 aliphatic rings. The second-order valence-corrected chi connectivity index (χ2v) is 11.3. The van der Waals surface area contributed by atoms with Crippen LogP contribution in [0, 0.1) is 17.8 Å². The molecule has 9 heteroatoms. The third kappa shape index (κ3) is 7.52. The van der Waals surface area contributed by atoms with Crippen molar-refractivity contribution < 1.29 is 22.7 Å². The summed E-state index contributed by atoms with van der Waals surface area (Å²) >= 11 is 0. The van der Waals surface area contributed by atoms with Gasteiger partial charge in [-0.25, -0.2) is 13.1 Å². The second-order valence-electron chi connectivity index (χ2n) is 9.49. The van der Waals surface area contributed by atoms with Crippen molar-refractivity contribution >= 4 is 21.8 Å². The van der Waals surface area contributed by atoms with Crippen molar-refractivity contribution in [2.24, 2.45) is 17.8 Å². The number of ether oxygens (including phenoxy) is 1. The Morgan fingerprint density at radius 2 is 1.73 bits per heavy atom. The van der Waals surface area contributed by atoms with Crippen LogP contribution in [0.2, 0.25) is 0 Å². The summed E-state index contributed by atoms with van der Waals surface area (Å²) < 4.78 is 33.1. The van der Waals surface area contributed by atoms with Crippen molar-refractivity contribution in [3.8, 4) is 0 Å². The highest BCUT2D eigenvalue weighted by molar-refractivity contribution is 7.89. The summed E-state index contributed by atoms with van der Waals surface area (Å²) in [6, 6.07) is 7.76. The minimum Gasteiger partial charge on any atom is -0.376 e. The lowest BCUT2D eigenvalue weighted by Crippen LogP contribution is -2.52. The molecule has 8 nitrogen and oxygen atoms in total. The van der Waals surface area contributed by atoms with Gasteiger partial charge >= 0.3 is 0 Å². The molecule has 2 fully saturated rings. The van der Waals surface area contributed by atoms with E-state index >= 15 is 0 Å². The number of hydrogen-bond acceptors (Lipinski definition) is 5. The number of amides is 2. The van der Waals surface area contributed by atoms with Crippen LogP contribution in [0.5, 0.6) is 0 Å². The zero-order valence-electron chi connectivity index (χ0n) is 19.6. The van der Waals surface area contributed by atoms with E-state index in [2.05, 4.69) is 15.4 Å². The van der Waals surface area contributed by atoms with Gasteiger partial charge in [-0.05, 0) is 62.5 Å². The zero-order valence-corrected chi connectivity index (χ0v) is 20.4. The lowest BCUT2D eigenvalue weighted by molar-refractivity contribution is -0.133. The molecular weight excluding hydrogens is 442 g/mol. The van der Waals surface area contributed by atoms with Crippen LogP contribution < -0.4 is 15.4 Å². The maximum atomic E-state index is 12.9. The Labute approximate surface area is 197 Å². The van der Waals surface area contributed by atoms with Crippen LogP contribution in [0.1, 0.15) is 52.4 Å². The van der Waals surface area contributed by atoms with Crippen LogP contribution in [-0.2, 0) is 24.3 Å². The number of rotatable bonds is 10. The van der Waals surface area contributed by atoms with Crippen LogP contribution in [0.25, 0.3) is 0 Å². The summed E-state index contributed by atoms with van der Waals surface area (Å²) in [4.78, 5) is 25.8. The number of carbonyl (C=O) groups is 2. The van der Waals surface area contributed by atoms with Crippen molar-refractivity contribution in [2.75, 3.05) is 19.7 Å². The standard InChI is InChI=1S/C24H37N3O5S/c1-17(2)22(24(29)25-16-20-7-6-14-32-20)27-23(28)19-12-10-18(11-13-19)15-26-33(30,31)21-8-4-3-5-9-21/h3-5,8-9,17-20,22,26H,6-7,10-16H2,1-2H3,(H,25,29)(H,27,28)/t18?,19?,20?,22-/m0/s1. The highest BCUT2D eigenvalue weighted by atomic mass is 32.2. The predicted octanol–water partition coefficient (Wildman–Crippen LogP) is 2.21. The molecule has 2 atom stereocenters. The van der Waals surface area contributed by atoms with Gasteiger partial charge in [0.2, 0.25) is 21.8 Å². The first-order valence-corrected chi connectivity index (χ1v) is 13.5. The van der Waals surface area contributed by atoms with Crippen molar-refractivity contribution in [3.05, 3.63) is 30.3 Å². The molecule has 1 saturated heterocycles. The smallest absolute Gasteiger partial charge is 0.242 e. The highest BCUT2D eigenvalue weighted by Crippen LogP contribution is 2.29. The summed E-state index contributed by atoms with van der Waals surface area (Å²) in [5.41, 5.74) is 0. The molecular formula is C24H37N3O5S. The topological polar surface area (TPSA) is 114 Å². The summed E-state index contributed by atoms with van der Waals surface area (Å²) in [5.74, 6) is -0.244. The molecule has 1 heterocycles. The van der Waals surface area contributed by atoms with Gasteiger partial charge in [-0.2, -0.15) is 0 Å². The lowest BCUT2D eigenvalue weighted by Gasteiger charge is -2.30. The Hall–Kier alpha value is -1.97. The molecule has 1 aliphatic heterocycles. The minimum atomic E-state index is -3.52. The van der Waals surface area contributed by atoms with Crippen molar-refractivity contribution in [1.29, 1.82) is 0 Å². The molecule has 1 saturated carbocycles. The van der Waals surface area contributed by atoms with E-state index in [1.54, 1.807) is 30.3 Å². The van der Waals surface area contributed by atoms with Crippen LogP contribution in [0.15, 0.2) is 35.2 Å². The number of carbonyl (C=O) groups excluding carboxylic acids is 2. The quantitative estimate of drug-likeness (QED) is 0.476. The van der Waals surface area contributed by atoms with E-state index in [0.29, 0.717) is 25.9 Å². The van der Waals surface area contributed by atoms with Gasteiger partial charge in [0.25, 0.3) is 0 Å². The number of benzene rings is 1. The molecule has 0 aromatic heterocycles. The largest absolute Gasteiger partial charge is 0.376 e. The Morgan fingerprint density at radius 3 is 2.33 bits per heavy atom. The van der Waals surface area contributed by atoms with Crippen molar-refractivity contribution in [2.45, 2.75) is 69.4 Å². The van der Waals surface area contributed by atoms with Crippen LogP contribution in [0.4, 0.5) is 0 Å². The summed E-state index contributed by atoms with van der Waals surface area (Å²) in [6.45, 7) is 5.42. The molecule has 3 N–H and O–H groups in total. The average Bonchev–Trinajstić information content (AvgIpc) is 3.34. The molecule has 184 valence electrons. The van der Waals surface area contributed by atoms with Crippen LogP contribution >= 0.6 is 0 Å². The average molecular weight is 480 g/mol. The Morgan fingerprint density at radius 1 is 1.03 bits per heavy atom. The Kier molecular flexibility index (Phi) is 9.28. The first-order valence-electron chi connectivity index (χ1n) is 12.0. The Bertz CT molecular complexity index is 877. The predicted molar refractivity (Wildman–Crippen MR) is 126 cm³/mol. The summed E-state index contributed by atoms with van der Waals surface area (Å²) in [5, 5.41) is 5.87. The maximum Gasteiger partial charge on any atom is 0.242 e. The molecule has 0 spiro atoms.